The van der Waals surface area contributed by atoms with Gasteiger partial charge in [-0.25, -0.2) is 4.39 Å². The van der Waals surface area contributed by atoms with Crippen LogP contribution in [0.2, 0.25) is 0 Å². The second-order valence-corrected chi connectivity index (χ2v) is 5.48. The van der Waals surface area contributed by atoms with Gasteiger partial charge in [0.05, 0.1) is 0 Å². The Balaban J connectivity index is 2.88. The normalized spacial score (nSPS) is 11.4. The molecule has 0 aromatic heterocycles. The Morgan fingerprint density at radius 3 is 2.29 bits per heavy atom. The molecule has 0 aliphatic rings. The molecule has 0 radical (unpaired) electrons. The highest BCUT2D eigenvalue weighted by molar-refractivity contribution is 8.07. The Hall–Kier alpha value is -0.480. The number of hydrogen-bond acceptors (Lipinski definition) is 4. The zero-order valence-electron chi connectivity index (χ0n) is 7.77. The lowest BCUT2D eigenvalue weighted by atomic mass is 10.3. The van der Waals surface area contributed by atoms with Crippen molar-refractivity contribution in [1.29, 1.82) is 0 Å². The first-order chi connectivity index (χ1) is 6.61. The van der Waals surface area contributed by atoms with Gasteiger partial charge in [-0.05, 0) is 12.1 Å². The van der Waals surface area contributed by atoms with Crippen LogP contribution in [0.4, 0.5) is 4.39 Å². The molecule has 0 atom stereocenters. The van der Waals surface area contributed by atoms with Crippen molar-refractivity contribution in [3.05, 3.63) is 30.1 Å². The van der Waals surface area contributed by atoms with E-state index in [2.05, 4.69) is 0 Å². The van der Waals surface area contributed by atoms with Crippen LogP contribution >= 0.6 is 6.72 Å². The van der Waals surface area contributed by atoms with Crippen LogP contribution < -0.4 is 4.52 Å². The summed E-state index contributed by atoms with van der Waals surface area (Å²) in [6, 6.07) is 5.95. The van der Waals surface area contributed by atoms with Crippen molar-refractivity contribution in [2.45, 2.75) is 0 Å². The van der Waals surface area contributed by atoms with Crippen molar-refractivity contribution in [2.24, 2.45) is 0 Å². The van der Waals surface area contributed by atoms with Gasteiger partial charge in [0.25, 0.3) is 0 Å². The molecule has 0 aliphatic heterocycles. The summed E-state index contributed by atoms with van der Waals surface area (Å²) in [5.74, 6) is -0.449. The monoisotopic (exact) mass is 236 g/mol. The van der Waals surface area contributed by atoms with Crippen LogP contribution in [0, 0.1) is 5.82 Å². The standard InChI is InChI=1S/C8H10FO3PS/c1-10-13(14,11-2)12-8-6-4-3-5-7(8)9/h3-6H,1-2H3. The van der Waals surface area contributed by atoms with Gasteiger partial charge in [0.2, 0.25) is 0 Å². The van der Waals surface area contributed by atoms with E-state index in [0.29, 0.717) is 0 Å². The highest BCUT2D eigenvalue weighted by atomic mass is 32.5. The van der Waals surface area contributed by atoms with Gasteiger partial charge in [-0.15, -0.1) is 0 Å². The van der Waals surface area contributed by atoms with Gasteiger partial charge in [0.1, 0.15) is 0 Å². The fraction of sp³-hybridized carbons (Fsp3) is 0.250. The summed E-state index contributed by atoms with van der Waals surface area (Å²) in [5, 5.41) is 0. The number of rotatable bonds is 4. The molecule has 0 aliphatic carbocycles. The fourth-order valence-corrected chi connectivity index (χ4v) is 1.72. The lowest BCUT2D eigenvalue weighted by Crippen LogP contribution is -1.98. The van der Waals surface area contributed by atoms with Crippen molar-refractivity contribution in [3.8, 4) is 5.75 Å². The number of benzene rings is 1. The highest BCUT2D eigenvalue weighted by Gasteiger charge is 2.19. The predicted octanol–water partition coefficient (Wildman–Crippen LogP) is 2.72. The maximum Gasteiger partial charge on any atom is 0.380 e. The summed E-state index contributed by atoms with van der Waals surface area (Å²) in [5.41, 5.74) is 0. The molecule has 0 fully saturated rings. The van der Waals surface area contributed by atoms with Gasteiger partial charge < -0.3 is 13.6 Å². The van der Waals surface area contributed by atoms with Crippen molar-refractivity contribution >= 4 is 18.5 Å². The van der Waals surface area contributed by atoms with Gasteiger partial charge in [-0.2, -0.15) is 0 Å². The van der Waals surface area contributed by atoms with E-state index in [1.165, 1.54) is 26.4 Å². The van der Waals surface area contributed by atoms with Gasteiger partial charge in [-0.1, -0.05) is 12.1 Å². The molecule has 0 saturated carbocycles. The minimum Gasteiger partial charge on any atom is -0.421 e. The van der Waals surface area contributed by atoms with Crippen molar-refractivity contribution in [1.82, 2.24) is 0 Å². The SMILES string of the molecule is COP(=S)(OC)Oc1ccccc1F. The molecular weight excluding hydrogens is 226 g/mol. The zero-order valence-corrected chi connectivity index (χ0v) is 9.48. The average molecular weight is 236 g/mol. The molecule has 14 heavy (non-hydrogen) atoms. The van der Waals surface area contributed by atoms with E-state index in [9.17, 15) is 4.39 Å². The van der Waals surface area contributed by atoms with E-state index in [-0.39, 0.29) is 5.75 Å². The van der Waals surface area contributed by atoms with Crippen LogP contribution in [-0.4, -0.2) is 14.2 Å². The molecular formula is C8H10FO3PS. The fourth-order valence-electron chi connectivity index (χ4n) is 0.788. The third-order valence-corrected chi connectivity index (χ3v) is 3.93. The lowest BCUT2D eigenvalue weighted by Gasteiger charge is -2.18. The molecule has 0 unspecified atom stereocenters. The lowest BCUT2D eigenvalue weighted by molar-refractivity contribution is 0.269. The summed E-state index contributed by atoms with van der Waals surface area (Å²) < 4.78 is 28.0. The first-order valence-electron chi connectivity index (χ1n) is 3.77. The van der Waals surface area contributed by atoms with E-state index >= 15 is 0 Å². The minimum absolute atomic E-state index is 0.0412. The maximum atomic E-state index is 13.1. The molecule has 0 saturated heterocycles. The van der Waals surface area contributed by atoms with Crippen molar-refractivity contribution in [2.75, 3.05) is 14.2 Å². The Labute approximate surface area is 87.0 Å². The van der Waals surface area contributed by atoms with Crippen LogP contribution in [0.25, 0.3) is 0 Å². The average Bonchev–Trinajstić information content (AvgIpc) is 2.21. The van der Waals surface area contributed by atoms with Crippen LogP contribution in [0.3, 0.4) is 0 Å². The molecule has 78 valence electrons. The summed E-state index contributed by atoms with van der Waals surface area (Å²) in [4.78, 5) is 0. The van der Waals surface area contributed by atoms with Gasteiger partial charge in [0.15, 0.2) is 11.6 Å². The summed E-state index contributed by atoms with van der Waals surface area (Å²) in [6.45, 7) is -2.84. The molecule has 1 aromatic carbocycles. The molecule has 6 heteroatoms. The molecule has 1 rings (SSSR count). The quantitative estimate of drug-likeness (QED) is 0.751. The Bertz CT molecular complexity index is 350. The molecule has 0 N–H and O–H groups in total. The van der Waals surface area contributed by atoms with Gasteiger partial charge >= 0.3 is 6.72 Å². The van der Waals surface area contributed by atoms with Crippen molar-refractivity contribution < 1.29 is 18.0 Å². The van der Waals surface area contributed by atoms with E-state index in [0.717, 1.165) is 0 Å². The number of hydrogen-bond donors (Lipinski definition) is 0. The smallest absolute Gasteiger partial charge is 0.380 e. The summed E-state index contributed by atoms with van der Waals surface area (Å²) in [7, 11) is 2.73. The Morgan fingerprint density at radius 2 is 1.79 bits per heavy atom. The topological polar surface area (TPSA) is 27.7 Å². The maximum absolute atomic E-state index is 13.1. The van der Waals surface area contributed by atoms with E-state index in [4.69, 9.17) is 25.4 Å². The molecule has 0 heterocycles. The van der Waals surface area contributed by atoms with Crippen LogP contribution in [-0.2, 0) is 20.9 Å². The molecule has 3 nitrogen and oxygen atoms in total. The highest BCUT2D eigenvalue weighted by Crippen LogP contribution is 2.48. The van der Waals surface area contributed by atoms with Crippen LogP contribution in [0.15, 0.2) is 24.3 Å². The second-order valence-electron chi connectivity index (χ2n) is 2.33. The minimum atomic E-state index is -2.84. The van der Waals surface area contributed by atoms with Gasteiger partial charge in [0, 0.05) is 26.0 Å². The third-order valence-electron chi connectivity index (χ3n) is 1.49. The van der Waals surface area contributed by atoms with E-state index in [1.807, 2.05) is 0 Å². The third kappa shape index (κ3) is 2.75. The van der Waals surface area contributed by atoms with E-state index < -0.39 is 12.5 Å². The number of halogens is 1. The summed E-state index contributed by atoms with van der Waals surface area (Å²) in [6.07, 6.45) is 0. The largest absolute Gasteiger partial charge is 0.421 e. The molecule has 0 spiro atoms. The van der Waals surface area contributed by atoms with Crippen LogP contribution in [0.1, 0.15) is 0 Å². The molecule has 0 amide bonds. The number of para-hydroxylation sites is 1. The van der Waals surface area contributed by atoms with Gasteiger partial charge in [-0.3, -0.25) is 0 Å². The van der Waals surface area contributed by atoms with E-state index in [1.54, 1.807) is 12.1 Å². The zero-order chi connectivity index (χ0) is 10.6. The predicted molar refractivity (Wildman–Crippen MR) is 55.3 cm³/mol. The molecule has 1 aromatic rings. The summed E-state index contributed by atoms with van der Waals surface area (Å²) >= 11 is 4.92. The van der Waals surface area contributed by atoms with Crippen molar-refractivity contribution in [3.63, 3.8) is 0 Å². The first-order valence-corrected chi connectivity index (χ1v) is 6.32. The Morgan fingerprint density at radius 1 is 1.21 bits per heavy atom. The van der Waals surface area contributed by atoms with Crippen LogP contribution in [0.5, 0.6) is 5.75 Å². The first kappa shape index (κ1) is 11.6. The Kier molecular flexibility index (Phi) is 4.01. The second kappa shape index (κ2) is 4.84. The molecule has 0 bridgehead atoms.